The maximum atomic E-state index is 13.8. The van der Waals surface area contributed by atoms with E-state index in [0.717, 1.165) is 47.8 Å². The van der Waals surface area contributed by atoms with Gasteiger partial charge >= 0.3 is 0 Å². The van der Waals surface area contributed by atoms with Crippen LogP contribution in [0.1, 0.15) is 36.1 Å². The Kier molecular flexibility index (Phi) is 7.87. The van der Waals surface area contributed by atoms with E-state index in [2.05, 4.69) is 40.5 Å². The van der Waals surface area contributed by atoms with Crippen molar-refractivity contribution in [2.75, 3.05) is 56.2 Å². The molecule has 0 radical (unpaired) electrons. The van der Waals surface area contributed by atoms with Crippen LogP contribution in [0.4, 0.5) is 15.9 Å². The fourth-order valence-corrected chi connectivity index (χ4v) is 6.60. The molecule has 11 nitrogen and oxygen atoms in total. The number of rotatable bonds is 7. The second-order valence-corrected chi connectivity index (χ2v) is 11.3. The Balaban J connectivity index is 1.38. The third kappa shape index (κ3) is 5.35. The highest BCUT2D eigenvalue weighted by Gasteiger charge is 2.36. The van der Waals surface area contributed by atoms with Gasteiger partial charge in [0, 0.05) is 50.2 Å². The second-order valence-electron chi connectivity index (χ2n) is 11.3. The van der Waals surface area contributed by atoms with Crippen LogP contribution >= 0.6 is 0 Å². The molecule has 0 N–H and O–H groups in total. The number of nitriles is 2. The molecule has 2 atom stereocenters. The molecule has 3 aliphatic heterocycles. The fraction of sp³-hybridized carbons (Fsp3) is 0.452. The number of ether oxygens (including phenoxy) is 1. The number of aromatic nitrogens is 3. The van der Waals surface area contributed by atoms with E-state index in [-0.39, 0.29) is 25.6 Å². The van der Waals surface area contributed by atoms with Gasteiger partial charge in [-0.1, -0.05) is 6.58 Å². The van der Waals surface area contributed by atoms with Crippen LogP contribution in [-0.2, 0) is 17.8 Å². The van der Waals surface area contributed by atoms with Gasteiger partial charge in [-0.15, -0.1) is 0 Å². The molecule has 6 rings (SSSR count). The molecule has 3 aromatic heterocycles. The number of anilines is 2. The number of carbonyl (C=O) groups excluding carboxylic acids is 1. The highest BCUT2D eigenvalue weighted by atomic mass is 19.1. The van der Waals surface area contributed by atoms with Crippen molar-refractivity contribution in [2.45, 2.75) is 44.3 Å². The summed E-state index contributed by atoms with van der Waals surface area (Å²) in [6.45, 7) is 6.65. The van der Waals surface area contributed by atoms with Crippen molar-refractivity contribution in [1.29, 1.82) is 10.5 Å². The van der Waals surface area contributed by atoms with E-state index in [4.69, 9.17) is 9.72 Å². The third-order valence-electron chi connectivity index (χ3n) is 8.84. The lowest BCUT2D eigenvalue weighted by atomic mass is 9.97. The van der Waals surface area contributed by atoms with Gasteiger partial charge in [0.2, 0.25) is 5.88 Å². The lowest BCUT2D eigenvalue weighted by Gasteiger charge is -2.43. The largest absolute Gasteiger partial charge is 0.475 e. The van der Waals surface area contributed by atoms with E-state index in [9.17, 15) is 19.7 Å². The summed E-state index contributed by atoms with van der Waals surface area (Å²) in [4.78, 5) is 29.9. The van der Waals surface area contributed by atoms with E-state index in [1.807, 2.05) is 33.7 Å². The maximum absolute atomic E-state index is 13.8. The van der Waals surface area contributed by atoms with Gasteiger partial charge in [0.25, 0.3) is 5.91 Å². The zero-order valence-corrected chi connectivity index (χ0v) is 24.2. The predicted molar refractivity (Wildman–Crippen MR) is 158 cm³/mol. The molecular weight excluding hydrogens is 549 g/mol. The molecule has 0 spiro atoms. The van der Waals surface area contributed by atoms with E-state index in [1.54, 1.807) is 6.20 Å². The van der Waals surface area contributed by atoms with Crippen molar-refractivity contribution in [2.24, 2.45) is 0 Å². The molecule has 43 heavy (non-hydrogen) atoms. The van der Waals surface area contributed by atoms with Crippen molar-refractivity contribution >= 4 is 23.1 Å². The molecule has 0 bridgehead atoms. The summed E-state index contributed by atoms with van der Waals surface area (Å²) in [5, 5.41) is 20.0. The van der Waals surface area contributed by atoms with Gasteiger partial charge in [-0.2, -0.15) is 10.5 Å². The number of carbonyl (C=O) groups is 1. The first-order valence-corrected chi connectivity index (χ1v) is 14.6. The smallest absolute Gasteiger partial charge is 0.282 e. The van der Waals surface area contributed by atoms with Crippen LogP contribution in [-0.4, -0.2) is 88.5 Å². The lowest BCUT2D eigenvalue weighted by molar-refractivity contribution is -0.131. The number of piperazine rings is 1. The SMILES string of the molecule is C=C(F)C(=O)N1CCN(c2c(C#N)c(OC[C@@H]3CCCN3C)nc3c2CCN(c2ccnc4cccn24)C3)C[C@@H]1CC#N. The highest BCUT2D eigenvalue weighted by molar-refractivity contribution is 5.91. The standard InChI is InChI=1S/C31H34FN9O2/c1-21(32)31(42)40-16-15-39(18-22(40)7-10-33)29-24-9-14-38(28-8-11-35-27-6-4-13-41(27)28)19-26(24)36-30(25(29)17-34)43-20-23-5-3-12-37(23)2/h4,6,8,11,13,22-23H,1,3,5,7,9,12,14-16,18-20H2,2H3/t22-,23-/m0/s1. The molecule has 3 aliphatic rings. The van der Waals surface area contributed by atoms with Gasteiger partial charge in [0.05, 0.1) is 36.5 Å². The van der Waals surface area contributed by atoms with Crippen LogP contribution in [0.5, 0.6) is 5.88 Å². The Labute approximate surface area is 250 Å². The summed E-state index contributed by atoms with van der Waals surface area (Å²) in [6.07, 6.45) is 6.57. The Hall–Kier alpha value is -4.68. The van der Waals surface area contributed by atoms with E-state index in [0.29, 0.717) is 44.1 Å². The van der Waals surface area contributed by atoms with E-state index < -0.39 is 17.8 Å². The molecule has 0 aromatic carbocycles. The van der Waals surface area contributed by atoms with Crippen molar-refractivity contribution in [3.05, 3.63) is 59.8 Å². The zero-order chi connectivity index (χ0) is 30.1. The molecule has 1 amide bonds. The molecule has 222 valence electrons. The molecule has 0 aliphatic carbocycles. The summed E-state index contributed by atoms with van der Waals surface area (Å²) in [5.74, 6) is -0.551. The van der Waals surface area contributed by atoms with E-state index in [1.165, 1.54) is 4.90 Å². The van der Waals surface area contributed by atoms with Gasteiger partial charge < -0.3 is 24.3 Å². The van der Waals surface area contributed by atoms with Crippen molar-refractivity contribution in [3.8, 4) is 18.0 Å². The Morgan fingerprint density at radius 3 is 2.79 bits per heavy atom. The van der Waals surface area contributed by atoms with E-state index >= 15 is 0 Å². The monoisotopic (exact) mass is 583 g/mol. The average molecular weight is 584 g/mol. The first-order chi connectivity index (χ1) is 20.9. The minimum atomic E-state index is -1.05. The number of halogens is 1. The van der Waals surface area contributed by atoms with Gasteiger partial charge in [0.1, 0.15) is 29.7 Å². The minimum Gasteiger partial charge on any atom is -0.475 e. The molecular formula is C31H34FN9O2. The minimum absolute atomic E-state index is 0.0325. The maximum Gasteiger partial charge on any atom is 0.282 e. The summed E-state index contributed by atoms with van der Waals surface area (Å²) >= 11 is 0. The third-order valence-corrected chi connectivity index (χ3v) is 8.84. The van der Waals surface area contributed by atoms with Crippen LogP contribution in [0.2, 0.25) is 0 Å². The Morgan fingerprint density at radius 2 is 2.05 bits per heavy atom. The molecule has 12 heteroatoms. The normalized spacial score (nSPS) is 20.5. The van der Waals surface area contributed by atoms with Crippen LogP contribution in [0, 0.1) is 22.7 Å². The van der Waals surface area contributed by atoms with Crippen molar-refractivity contribution in [3.63, 3.8) is 0 Å². The highest BCUT2D eigenvalue weighted by Crippen LogP contribution is 2.38. The van der Waals surface area contributed by atoms with Crippen LogP contribution in [0.3, 0.4) is 0 Å². The van der Waals surface area contributed by atoms with Gasteiger partial charge in [-0.05, 0) is 51.1 Å². The van der Waals surface area contributed by atoms with Gasteiger partial charge in [-0.3, -0.25) is 9.20 Å². The Morgan fingerprint density at radius 1 is 1.19 bits per heavy atom. The summed E-state index contributed by atoms with van der Waals surface area (Å²) in [5.41, 5.74) is 3.72. The number of likely N-dealkylation sites (tertiary alicyclic amines) is 1. The van der Waals surface area contributed by atoms with Crippen LogP contribution in [0.25, 0.3) is 5.65 Å². The quantitative estimate of drug-likeness (QED) is 0.387. The van der Waals surface area contributed by atoms with Crippen LogP contribution in [0.15, 0.2) is 43.0 Å². The number of amides is 1. The summed E-state index contributed by atoms with van der Waals surface area (Å²) in [6, 6.07) is 10.1. The van der Waals surface area contributed by atoms with Gasteiger partial charge in [-0.25, -0.2) is 14.4 Å². The molecule has 3 aromatic rings. The van der Waals surface area contributed by atoms with Crippen molar-refractivity contribution in [1.82, 2.24) is 24.2 Å². The van der Waals surface area contributed by atoms with Crippen LogP contribution < -0.4 is 14.5 Å². The first-order valence-electron chi connectivity index (χ1n) is 14.6. The summed E-state index contributed by atoms with van der Waals surface area (Å²) in [7, 11) is 2.08. The fourth-order valence-electron chi connectivity index (χ4n) is 6.60. The van der Waals surface area contributed by atoms with Gasteiger partial charge in [0.15, 0.2) is 5.83 Å². The number of likely N-dealkylation sites (N-methyl/N-ethyl adjacent to an activating group) is 1. The molecule has 6 heterocycles. The molecule has 2 saturated heterocycles. The number of nitrogens with zero attached hydrogens (tertiary/aromatic N) is 9. The molecule has 2 fully saturated rings. The first kappa shape index (κ1) is 28.4. The van der Waals surface area contributed by atoms with Crippen molar-refractivity contribution < 1.29 is 13.9 Å². The predicted octanol–water partition coefficient (Wildman–Crippen LogP) is 3.05. The topological polar surface area (TPSA) is 117 Å². The average Bonchev–Trinajstić information content (AvgIpc) is 3.67. The number of hydrogen-bond acceptors (Lipinski definition) is 9. The lowest BCUT2D eigenvalue weighted by Crippen LogP contribution is -2.55. The second kappa shape index (κ2) is 11.9. The number of hydrogen-bond donors (Lipinski definition) is 0. The molecule has 0 saturated carbocycles. The number of pyridine rings is 1. The number of fused-ring (bicyclic) bond motifs is 2. The Bertz CT molecular complexity index is 1640. The molecule has 0 unspecified atom stereocenters. The summed E-state index contributed by atoms with van der Waals surface area (Å²) < 4.78 is 22.2. The zero-order valence-electron chi connectivity index (χ0n) is 24.2.